The summed E-state index contributed by atoms with van der Waals surface area (Å²) in [5, 5.41) is 6.48. The molecule has 1 aliphatic carbocycles. The van der Waals surface area contributed by atoms with Crippen LogP contribution in [-0.2, 0) is 9.53 Å². The molecule has 0 unspecified atom stereocenters. The molecular formula is C27H40N6O4. The largest absolute Gasteiger partial charge is 0.378 e. The number of nitrogens with zero attached hydrogens (tertiary/aromatic N) is 4. The van der Waals surface area contributed by atoms with Crippen LogP contribution in [0.3, 0.4) is 0 Å². The van der Waals surface area contributed by atoms with Crippen molar-refractivity contribution >= 4 is 29.2 Å². The predicted octanol–water partition coefficient (Wildman–Crippen LogP) is 1.83. The Hall–Kier alpha value is -2.85. The van der Waals surface area contributed by atoms with Crippen molar-refractivity contribution in [3.8, 4) is 0 Å². The van der Waals surface area contributed by atoms with Crippen LogP contribution in [0, 0.1) is 5.92 Å². The fourth-order valence-electron chi connectivity index (χ4n) is 5.79. The van der Waals surface area contributed by atoms with Gasteiger partial charge in [0.2, 0.25) is 5.91 Å². The zero-order valence-corrected chi connectivity index (χ0v) is 21.8. The topological polar surface area (TPSA) is 97.5 Å². The molecule has 10 nitrogen and oxygen atoms in total. The number of hydrogen-bond acceptors (Lipinski definition) is 6. The molecule has 1 aromatic rings. The van der Waals surface area contributed by atoms with Gasteiger partial charge < -0.3 is 35.0 Å². The third kappa shape index (κ3) is 6.18. The van der Waals surface area contributed by atoms with E-state index >= 15 is 0 Å². The van der Waals surface area contributed by atoms with Gasteiger partial charge in [0.25, 0.3) is 5.91 Å². The molecule has 4 amide bonds. The maximum absolute atomic E-state index is 13.2. The van der Waals surface area contributed by atoms with Crippen LogP contribution in [0.5, 0.6) is 0 Å². The first-order valence-electron chi connectivity index (χ1n) is 13.9. The standard InChI is InChI=1S/C27H40N6O4/c34-25(21-4-2-1-3-5-21)29-23-20-22(26(35)31-10-8-28-9-11-31)6-7-24(23)30-12-14-32(15-13-30)27(36)33-16-18-37-19-17-33/h6-7,20-21,28H,1-5,8-19H2,(H,29,34). The number of hydrogen-bond donors (Lipinski definition) is 2. The van der Waals surface area contributed by atoms with Crippen molar-refractivity contribution in [3.63, 3.8) is 0 Å². The quantitative estimate of drug-likeness (QED) is 0.639. The Morgan fingerprint density at radius 2 is 1.49 bits per heavy atom. The highest BCUT2D eigenvalue weighted by atomic mass is 16.5. The van der Waals surface area contributed by atoms with Crippen LogP contribution in [0.25, 0.3) is 0 Å². The Morgan fingerprint density at radius 3 is 2.19 bits per heavy atom. The number of urea groups is 1. The van der Waals surface area contributed by atoms with Gasteiger partial charge in [-0.05, 0) is 31.0 Å². The van der Waals surface area contributed by atoms with Crippen LogP contribution in [0.4, 0.5) is 16.2 Å². The first-order valence-corrected chi connectivity index (χ1v) is 13.9. The van der Waals surface area contributed by atoms with Gasteiger partial charge in [-0.3, -0.25) is 9.59 Å². The van der Waals surface area contributed by atoms with Gasteiger partial charge >= 0.3 is 6.03 Å². The summed E-state index contributed by atoms with van der Waals surface area (Å²) in [7, 11) is 0. The molecule has 4 fully saturated rings. The van der Waals surface area contributed by atoms with E-state index in [2.05, 4.69) is 15.5 Å². The average Bonchev–Trinajstić information content (AvgIpc) is 2.98. The Bertz CT molecular complexity index is 962. The van der Waals surface area contributed by atoms with Crippen molar-refractivity contribution in [2.45, 2.75) is 32.1 Å². The molecule has 1 saturated carbocycles. The normalized spacial score (nSPS) is 21.6. The second kappa shape index (κ2) is 12.1. The summed E-state index contributed by atoms with van der Waals surface area (Å²) in [6.07, 6.45) is 5.21. The zero-order valence-electron chi connectivity index (χ0n) is 21.8. The van der Waals surface area contributed by atoms with Crippen molar-refractivity contribution in [1.82, 2.24) is 20.0 Å². The summed E-state index contributed by atoms with van der Waals surface area (Å²) in [6.45, 7) is 8.00. The van der Waals surface area contributed by atoms with Crippen LogP contribution in [0.1, 0.15) is 42.5 Å². The van der Waals surface area contributed by atoms with Gasteiger partial charge in [0.1, 0.15) is 0 Å². The molecule has 0 spiro atoms. The molecule has 0 bridgehead atoms. The molecule has 3 aliphatic heterocycles. The number of piperazine rings is 2. The number of ether oxygens (including phenoxy) is 1. The van der Waals surface area contributed by atoms with Gasteiger partial charge in [-0.15, -0.1) is 0 Å². The van der Waals surface area contributed by atoms with Gasteiger partial charge in [0.15, 0.2) is 0 Å². The van der Waals surface area contributed by atoms with Crippen molar-refractivity contribution in [1.29, 1.82) is 0 Å². The molecule has 0 atom stereocenters. The Morgan fingerprint density at radius 1 is 0.811 bits per heavy atom. The molecule has 5 rings (SSSR count). The van der Waals surface area contributed by atoms with Gasteiger partial charge in [0.05, 0.1) is 24.6 Å². The van der Waals surface area contributed by atoms with Crippen molar-refractivity contribution < 1.29 is 19.1 Å². The zero-order chi connectivity index (χ0) is 25.6. The molecule has 37 heavy (non-hydrogen) atoms. The molecular weight excluding hydrogens is 472 g/mol. The van der Waals surface area contributed by atoms with Gasteiger partial charge in [-0.25, -0.2) is 4.79 Å². The lowest BCUT2D eigenvalue weighted by Gasteiger charge is -2.40. The lowest BCUT2D eigenvalue weighted by atomic mass is 9.88. The van der Waals surface area contributed by atoms with Gasteiger partial charge in [-0.2, -0.15) is 0 Å². The van der Waals surface area contributed by atoms with E-state index in [1.165, 1.54) is 6.42 Å². The van der Waals surface area contributed by atoms with Crippen LogP contribution in [0.2, 0.25) is 0 Å². The third-order valence-electron chi connectivity index (χ3n) is 8.05. The summed E-state index contributed by atoms with van der Waals surface area (Å²) < 4.78 is 5.38. The molecule has 10 heteroatoms. The minimum absolute atomic E-state index is 0.00198. The number of benzene rings is 1. The van der Waals surface area contributed by atoms with E-state index in [0.29, 0.717) is 76.8 Å². The monoisotopic (exact) mass is 512 g/mol. The fraction of sp³-hybridized carbons (Fsp3) is 0.667. The number of anilines is 2. The summed E-state index contributed by atoms with van der Waals surface area (Å²) >= 11 is 0. The summed E-state index contributed by atoms with van der Waals surface area (Å²) in [5.74, 6) is 0.0770. The third-order valence-corrected chi connectivity index (χ3v) is 8.05. The molecule has 202 valence electrons. The van der Waals surface area contributed by atoms with E-state index in [1.807, 2.05) is 32.9 Å². The number of morpholine rings is 1. The van der Waals surface area contributed by atoms with Crippen LogP contribution >= 0.6 is 0 Å². The lowest BCUT2D eigenvalue weighted by Crippen LogP contribution is -2.55. The molecule has 3 heterocycles. The Kier molecular flexibility index (Phi) is 8.45. The molecule has 4 aliphatic rings. The average molecular weight is 513 g/mol. The SMILES string of the molecule is O=C(Nc1cc(C(=O)N2CCNCC2)ccc1N1CCN(C(=O)N2CCOCC2)CC1)C1CCCCC1. The smallest absolute Gasteiger partial charge is 0.320 e. The van der Waals surface area contributed by atoms with E-state index in [1.54, 1.807) is 0 Å². The summed E-state index contributed by atoms with van der Waals surface area (Å²) in [5.41, 5.74) is 2.22. The fourth-order valence-corrected chi connectivity index (χ4v) is 5.79. The van der Waals surface area contributed by atoms with Crippen molar-refractivity contribution in [2.24, 2.45) is 5.92 Å². The highest BCUT2D eigenvalue weighted by Gasteiger charge is 2.29. The summed E-state index contributed by atoms with van der Waals surface area (Å²) in [6, 6.07) is 5.77. The van der Waals surface area contributed by atoms with Crippen molar-refractivity contribution in [2.75, 3.05) is 88.9 Å². The first-order chi connectivity index (χ1) is 18.1. The Balaban J connectivity index is 1.31. The molecule has 2 N–H and O–H groups in total. The minimum atomic E-state index is 0.00198. The van der Waals surface area contributed by atoms with Gasteiger partial charge in [-0.1, -0.05) is 19.3 Å². The van der Waals surface area contributed by atoms with E-state index in [0.717, 1.165) is 44.5 Å². The summed E-state index contributed by atoms with van der Waals surface area (Å²) in [4.78, 5) is 47.2. The van der Waals surface area contributed by atoms with E-state index in [9.17, 15) is 14.4 Å². The number of carbonyl (C=O) groups excluding carboxylic acids is 3. The number of nitrogens with one attached hydrogen (secondary N) is 2. The Labute approximate surface area is 219 Å². The predicted molar refractivity (Wildman–Crippen MR) is 142 cm³/mol. The number of rotatable bonds is 4. The molecule has 3 saturated heterocycles. The van der Waals surface area contributed by atoms with Gasteiger partial charge in [0, 0.05) is 76.9 Å². The van der Waals surface area contributed by atoms with Crippen LogP contribution < -0.4 is 15.5 Å². The highest BCUT2D eigenvalue weighted by molar-refractivity contribution is 6.00. The van der Waals surface area contributed by atoms with E-state index in [-0.39, 0.29) is 23.8 Å². The highest BCUT2D eigenvalue weighted by Crippen LogP contribution is 2.31. The number of carbonyl (C=O) groups is 3. The lowest BCUT2D eigenvalue weighted by molar-refractivity contribution is -0.120. The van der Waals surface area contributed by atoms with Crippen molar-refractivity contribution in [3.05, 3.63) is 23.8 Å². The van der Waals surface area contributed by atoms with E-state index < -0.39 is 0 Å². The molecule has 1 aromatic carbocycles. The maximum Gasteiger partial charge on any atom is 0.320 e. The van der Waals surface area contributed by atoms with Crippen LogP contribution in [-0.4, -0.2) is 111 Å². The first kappa shape index (κ1) is 25.8. The van der Waals surface area contributed by atoms with Crippen LogP contribution in [0.15, 0.2) is 18.2 Å². The molecule has 0 aromatic heterocycles. The van der Waals surface area contributed by atoms with E-state index in [4.69, 9.17) is 4.74 Å². The second-order valence-electron chi connectivity index (χ2n) is 10.5. The molecule has 0 radical (unpaired) electrons. The second-order valence-corrected chi connectivity index (χ2v) is 10.5. The number of amides is 4. The maximum atomic E-state index is 13.2. The minimum Gasteiger partial charge on any atom is -0.378 e.